The van der Waals surface area contributed by atoms with E-state index in [1.807, 2.05) is 36.0 Å². The Morgan fingerprint density at radius 2 is 2.18 bits per heavy atom. The van der Waals surface area contributed by atoms with E-state index < -0.39 is 0 Å². The third-order valence-electron chi connectivity index (χ3n) is 2.39. The monoisotopic (exact) mass is 232 g/mol. The molecule has 2 aromatic rings. The molecular weight excluding hydrogens is 216 g/mol. The van der Waals surface area contributed by atoms with Crippen LogP contribution in [0.4, 0.5) is 0 Å². The average Bonchev–Trinajstić information content (AvgIpc) is 2.84. The van der Waals surface area contributed by atoms with E-state index in [-0.39, 0.29) is 0 Å². The van der Waals surface area contributed by atoms with Gasteiger partial charge >= 0.3 is 0 Å². The van der Waals surface area contributed by atoms with E-state index in [4.69, 9.17) is 10.5 Å². The van der Waals surface area contributed by atoms with Gasteiger partial charge in [0.15, 0.2) is 5.75 Å². The number of rotatable bonds is 5. The summed E-state index contributed by atoms with van der Waals surface area (Å²) < 4.78 is 7.41. The fourth-order valence-corrected chi connectivity index (χ4v) is 1.47. The Hall–Kier alpha value is -1.88. The Kier molecular flexibility index (Phi) is 3.72. The third-order valence-corrected chi connectivity index (χ3v) is 2.39. The van der Waals surface area contributed by atoms with Crippen LogP contribution in [0, 0.1) is 0 Å². The van der Waals surface area contributed by atoms with Gasteiger partial charge in [-0.1, -0.05) is 6.07 Å². The van der Waals surface area contributed by atoms with Crippen molar-refractivity contribution in [1.29, 1.82) is 0 Å². The fraction of sp³-hybridized carbons (Fsp3) is 0.333. The summed E-state index contributed by atoms with van der Waals surface area (Å²) in [6.07, 6.45) is 3.57. The number of hydrogen-bond donors (Lipinski definition) is 1. The lowest BCUT2D eigenvalue weighted by Gasteiger charge is -2.04. The van der Waals surface area contributed by atoms with Gasteiger partial charge in [0.25, 0.3) is 0 Å². The van der Waals surface area contributed by atoms with Crippen LogP contribution in [-0.2, 0) is 19.7 Å². The molecule has 0 aliphatic heterocycles. The van der Waals surface area contributed by atoms with Gasteiger partial charge in [-0.05, 0) is 19.1 Å². The second-order valence-corrected chi connectivity index (χ2v) is 3.64. The largest absolute Gasteiger partial charge is 0.484 e. The minimum atomic E-state index is 0.434. The van der Waals surface area contributed by atoms with E-state index in [0.717, 1.165) is 23.7 Å². The van der Waals surface area contributed by atoms with Crippen LogP contribution >= 0.6 is 0 Å². The molecule has 2 heterocycles. The maximum Gasteiger partial charge on any atom is 0.157 e. The Morgan fingerprint density at radius 3 is 2.88 bits per heavy atom. The van der Waals surface area contributed by atoms with Crippen molar-refractivity contribution in [1.82, 2.24) is 14.8 Å². The van der Waals surface area contributed by atoms with Crippen molar-refractivity contribution in [3.05, 3.63) is 42.0 Å². The molecule has 0 aliphatic carbocycles. The minimum absolute atomic E-state index is 0.434. The summed E-state index contributed by atoms with van der Waals surface area (Å²) in [4.78, 5) is 4.36. The van der Waals surface area contributed by atoms with E-state index in [2.05, 4.69) is 10.1 Å². The summed E-state index contributed by atoms with van der Waals surface area (Å²) >= 11 is 0. The summed E-state index contributed by atoms with van der Waals surface area (Å²) in [7, 11) is 0. The summed E-state index contributed by atoms with van der Waals surface area (Å²) in [5.74, 6) is 0.756. The summed E-state index contributed by atoms with van der Waals surface area (Å²) in [5.41, 5.74) is 7.27. The lowest BCUT2D eigenvalue weighted by molar-refractivity contribution is 0.300. The molecule has 0 aliphatic rings. The van der Waals surface area contributed by atoms with E-state index in [1.165, 1.54) is 0 Å². The number of nitrogens with two attached hydrogens (primary N) is 1. The van der Waals surface area contributed by atoms with Crippen LogP contribution in [-0.4, -0.2) is 14.8 Å². The molecule has 0 saturated heterocycles. The standard InChI is InChI=1S/C12H16N4O/c1-2-16-8-12(7-14-16)17-9-11-5-3-4-10(6-13)15-11/h3-5,7-8H,2,6,9,13H2,1H3. The molecular formula is C12H16N4O. The first-order chi connectivity index (χ1) is 8.31. The Bertz CT molecular complexity index is 481. The predicted octanol–water partition coefficient (Wildman–Crippen LogP) is 1.34. The first kappa shape index (κ1) is 11.6. The molecule has 5 heteroatoms. The van der Waals surface area contributed by atoms with E-state index >= 15 is 0 Å². The van der Waals surface area contributed by atoms with Crippen LogP contribution in [0.25, 0.3) is 0 Å². The second-order valence-electron chi connectivity index (χ2n) is 3.64. The molecule has 0 aromatic carbocycles. The zero-order valence-corrected chi connectivity index (χ0v) is 9.84. The Balaban J connectivity index is 1.96. The second kappa shape index (κ2) is 5.45. The third kappa shape index (κ3) is 3.04. The van der Waals surface area contributed by atoms with E-state index in [0.29, 0.717) is 13.2 Å². The van der Waals surface area contributed by atoms with Crippen molar-refractivity contribution in [2.45, 2.75) is 26.6 Å². The number of aromatic nitrogens is 3. The SMILES string of the molecule is CCn1cc(OCc2cccc(CN)n2)cn1. The van der Waals surface area contributed by atoms with Gasteiger partial charge in [0.1, 0.15) is 6.61 Å². The highest BCUT2D eigenvalue weighted by molar-refractivity contribution is 5.14. The highest BCUT2D eigenvalue weighted by atomic mass is 16.5. The highest BCUT2D eigenvalue weighted by Gasteiger charge is 2.00. The lowest BCUT2D eigenvalue weighted by atomic mass is 10.3. The van der Waals surface area contributed by atoms with Crippen LogP contribution in [0.3, 0.4) is 0 Å². The Labute approximate surface area is 100 Å². The van der Waals surface area contributed by atoms with Crippen LogP contribution in [0.1, 0.15) is 18.3 Å². The molecule has 0 unspecified atom stereocenters. The van der Waals surface area contributed by atoms with Crippen LogP contribution in [0.2, 0.25) is 0 Å². The molecule has 0 bridgehead atoms. The Morgan fingerprint density at radius 1 is 1.35 bits per heavy atom. The maximum absolute atomic E-state index is 5.59. The van der Waals surface area contributed by atoms with Crippen molar-refractivity contribution in [2.75, 3.05) is 0 Å². The van der Waals surface area contributed by atoms with Crippen LogP contribution in [0.5, 0.6) is 5.75 Å². The van der Waals surface area contributed by atoms with E-state index in [9.17, 15) is 0 Å². The quantitative estimate of drug-likeness (QED) is 0.844. The molecule has 2 N–H and O–H groups in total. The lowest BCUT2D eigenvalue weighted by Crippen LogP contribution is -2.04. The van der Waals surface area contributed by atoms with Gasteiger partial charge in [0.05, 0.1) is 23.8 Å². The van der Waals surface area contributed by atoms with Gasteiger partial charge in [-0.3, -0.25) is 9.67 Å². The number of ether oxygens (including phenoxy) is 1. The van der Waals surface area contributed by atoms with Crippen molar-refractivity contribution in [3.63, 3.8) is 0 Å². The molecule has 2 aromatic heterocycles. The van der Waals surface area contributed by atoms with Gasteiger partial charge in [0.2, 0.25) is 0 Å². The summed E-state index contributed by atoms with van der Waals surface area (Å²) in [6.45, 7) is 3.75. The number of hydrogen-bond acceptors (Lipinski definition) is 4. The van der Waals surface area contributed by atoms with Gasteiger partial charge in [-0.15, -0.1) is 0 Å². The molecule has 5 nitrogen and oxygen atoms in total. The van der Waals surface area contributed by atoms with Crippen molar-refractivity contribution in [2.24, 2.45) is 5.73 Å². The van der Waals surface area contributed by atoms with Crippen molar-refractivity contribution < 1.29 is 4.74 Å². The first-order valence-electron chi connectivity index (χ1n) is 5.62. The smallest absolute Gasteiger partial charge is 0.157 e. The van der Waals surface area contributed by atoms with Gasteiger partial charge in [-0.25, -0.2) is 0 Å². The molecule has 90 valence electrons. The van der Waals surface area contributed by atoms with E-state index in [1.54, 1.807) is 6.20 Å². The summed E-state index contributed by atoms with van der Waals surface area (Å²) in [6, 6.07) is 5.76. The highest BCUT2D eigenvalue weighted by Crippen LogP contribution is 2.10. The topological polar surface area (TPSA) is 66.0 Å². The van der Waals surface area contributed by atoms with Crippen LogP contribution in [0.15, 0.2) is 30.6 Å². The number of aryl methyl sites for hydroxylation is 1. The van der Waals surface area contributed by atoms with Gasteiger partial charge in [0, 0.05) is 13.1 Å². The molecule has 17 heavy (non-hydrogen) atoms. The molecule has 2 rings (SSSR count). The van der Waals surface area contributed by atoms with Gasteiger partial charge < -0.3 is 10.5 Å². The summed E-state index contributed by atoms with van der Waals surface area (Å²) in [5, 5.41) is 4.13. The predicted molar refractivity (Wildman–Crippen MR) is 64.4 cm³/mol. The van der Waals surface area contributed by atoms with Crippen molar-refractivity contribution >= 4 is 0 Å². The van der Waals surface area contributed by atoms with Gasteiger partial charge in [-0.2, -0.15) is 5.10 Å². The molecule has 0 atom stereocenters. The normalized spacial score (nSPS) is 10.5. The van der Waals surface area contributed by atoms with Crippen LogP contribution < -0.4 is 10.5 Å². The number of nitrogens with zero attached hydrogens (tertiary/aromatic N) is 3. The van der Waals surface area contributed by atoms with Crippen molar-refractivity contribution in [3.8, 4) is 5.75 Å². The molecule has 0 spiro atoms. The molecule has 0 fully saturated rings. The zero-order chi connectivity index (χ0) is 12.1. The maximum atomic E-state index is 5.59. The number of pyridine rings is 1. The molecule has 0 saturated carbocycles. The zero-order valence-electron chi connectivity index (χ0n) is 9.84. The fourth-order valence-electron chi connectivity index (χ4n) is 1.47. The average molecular weight is 232 g/mol. The molecule has 0 radical (unpaired) electrons. The molecule has 0 amide bonds. The minimum Gasteiger partial charge on any atom is -0.484 e. The first-order valence-corrected chi connectivity index (χ1v) is 5.62.